The minimum Gasteiger partial charge on any atom is -0.487 e. The molecule has 98 valence electrons. The minimum absolute atomic E-state index is 0.370. The van der Waals surface area contributed by atoms with Gasteiger partial charge < -0.3 is 10.5 Å². The number of rotatable bonds is 4. The fraction of sp³-hybridized carbons (Fsp3) is 0.133. The molecule has 4 heteroatoms. The van der Waals surface area contributed by atoms with E-state index in [0.717, 1.165) is 16.7 Å². The largest absolute Gasteiger partial charge is 0.487 e. The average molecular weight is 292 g/mol. The van der Waals surface area contributed by atoms with E-state index in [-0.39, 0.29) is 0 Å². The smallest absolute Gasteiger partial charge is 0.138 e. The first kappa shape index (κ1) is 13.8. The van der Waals surface area contributed by atoms with Crippen LogP contribution in [-0.2, 0) is 6.61 Å². The Morgan fingerprint density at radius 1 is 1.26 bits per heavy atom. The van der Waals surface area contributed by atoms with Gasteiger partial charge in [-0.25, -0.2) is 0 Å². The summed E-state index contributed by atoms with van der Waals surface area (Å²) in [5.41, 5.74) is 8.57. The van der Waals surface area contributed by atoms with E-state index in [9.17, 15) is 0 Å². The third kappa shape index (κ3) is 3.46. The van der Waals surface area contributed by atoms with Crippen LogP contribution in [-0.4, -0.2) is 4.99 Å². The molecule has 0 heterocycles. The van der Waals surface area contributed by atoms with Crippen LogP contribution in [0.4, 0.5) is 0 Å². The van der Waals surface area contributed by atoms with Crippen molar-refractivity contribution in [3.8, 4) is 5.75 Å². The summed E-state index contributed by atoms with van der Waals surface area (Å²) in [5.74, 6) is 0.666. The summed E-state index contributed by atoms with van der Waals surface area (Å²) < 4.78 is 5.75. The third-order valence-corrected chi connectivity index (χ3v) is 3.28. The quantitative estimate of drug-likeness (QED) is 0.869. The van der Waals surface area contributed by atoms with E-state index >= 15 is 0 Å². The highest BCUT2D eigenvalue weighted by atomic mass is 35.5. The molecule has 2 rings (SSSR count). The second kappa shape index (κ2) is 6.04. The second-order valence-corrected chi connectivity index (χ2v) is 5.09. The molecule has 0 saturated heterocycles. The van der Waals surface area contributed by atoms with Crippen molar-refractivity contribution in [3.05, 3.63) is 64.2 Å². The van der Waals surface area contributed by atoms with Gasteiger partial charge in [0, 0.05) is 5.56 Å². The fourth-order valence-corrected chi connectivity index (χ4v) is 2.13. The molecule has 0 saturated carbocycles. The summed E-state index contributed by atoms with van der Waals surface area (Å²) in [4.78, 5) is 0.370. The van der Waals surface area contributed by atoms with Crippen molar-refractivity contribution in [2.45, 2.75) is 13.5 Å². The van der Waals surface area contributed by atoms with Crippen LogP contribution >= 0.6 is 23.8 Å². The van der Waals surface area contributed by atoms with Crippen molar-refractivity contribution in [2.75, 3.05) is 0 Å². The molecule has 0 aliphatic heterocycles. The van der Waals surface area contributed by atoms with Crippen LogP contribution in [0.5, 0.6) is 5.75 Å². The molecule has 0 aliphatic rings. The van der Waals surface area contributed by atoms with E-state index in [4.69, 9.17) is 34.3 Å². The van der Waals surface area contributed by atoms with Crippen LogP contribution in [0, 0.1) is 6.92 Å². The first-order valence-electron chi connectivity index (χ1n) is 5.84. The fourth-order valence-electron chi connectivity index (χ4n) is 1.76. The zero-order chi connectivity index (χ0) is 13.8. The average Bonchev–Trinajstić information content (AvgIpc) is 2.40. The maximum absolute atomic E-state index is 6.09. The zero-order valence-electron chi connectivity index (χ0n) is 10.5. The van der Waals surface area contributed by atoms with E-state index in [0.29, 0.717) is 22.4 Å². The lowest BCUT2D eigenvalue weighted by molar-refractivity contribution is 0.306. The Balaban J connectivity index is 2.19. The molecule has 0 fully saturated rings. The highest BCUT2D eigenvalue weighted by molar-refractivity contribution is 7.80. The molecule has 0 spiro atoms. The summed E-state index contributed by atoms with van der Waals surface area (Å²) in [6.07, 6.45) is 0. The molecule has 19 heavy (non-hydrogen) atoms. The predicted molar refractivity (Wildman–Crippen MR) is 82.9 cm³/mol. The Hall–Kier alpha value is -1.58. The number of ether oxygens (including phenoxy) is 1. The van der Waals surface area contributed by atoms with Gasteiger partial charge in [0.1, 0.15) is 17.3 Å². The molecular weight excluding hydrogens is 278 g/mol. The van der Waals surface area contributed by atoms with Gasteiger partial charge in [0.05, 0.1) is 5.02 Å². The van der Waals surface area contributed by atoms with Crippen molar-refractivity contribution in [1.29, 1.82) is 0 Å². The number of thiocarbonyl (C=S) groups is 1. The summed E-state index contributed by atoms with van der Waals surface area (Å²) in [7, 11) is 0. The molecular formula is C15H14ClNOS. The highest BCUT2D eigenvalue weighted by Gasteiger charge is 2.07. The lowest BCUT2D eigenvalue weighted by atomic mass is 10.1. The maximum Gasteiger partial charge on any atom is 0.138 e. The normalized spacial score (nSPS) is 10.2. The van der Waals surface area contributed by atoms with Crippen molar-refractivity contribution >= 4 is 28.8 Å². The molecule has 2 aromatic carbocycles. The van der Waals surface area contributed by atoms with Crippen molar-refractivity contribution in [3.63, 3.8) is 0 Å². The number of aryl methyl sites for hydroxylation is 1. The number of hydrogen-bond acceptors (Lipinski definition) is 2. The monoisotopic (exact) mass is 291 g/mol. The molecule has 0 amide bonds. The first-order valence-corrected chi connectivity index (χ1v) is 6.63. The molecule has 0 atom stereocenters. The molecule has 0 unspecified atom stereocenters. The molecule has 2 N–H and O–H groups in total. The van der Waals surface area contributed by atoms with Gasteiger partial charge in [0.15, 0.2) is 0 Å². The van der Waals surface area contributed by atoms with Crippen LogP contribution in [0.2, 0.25) is 5.02 Å². The van der Waals surface area contributed by atoms with Gasteiger partial charge in [-0.05, 0) is 30.2 Å². The standard InChI is InChI=1S/C15H14ClNOS/c1-10-6-7-13(16)14(8-10)18-9-11-4-2-3-5-12(11)15(17)19/h2-8H,9H2,1H3,(H2,17,19). The van der Waals surface area contributed by atoms with Crippen molar-refractivity contribution in [2.24, 2.45) is 5.73 Å². The van der Waals surface area contributed by atoms with E-state index in [1.54, 1.807) is 0 Å². The topological polar surface area (TPSA) is 35.2 Å². The van der Waals surface area contributed by atoms with Crippen LogP contribution in [0.1, 0.15) is 16.7 Å². The van der Waals surface area contributed by atoms with E-state index in [2.05, 4.69) is 0 Å². The lowest BCUT2D eigenvalue weighted by Crippen LogP contribution is -2.13. The Labute approximate surface area is 123 Å². The summed E-state index contributed by atoms with van der Waals surface area (Å²) in [6.45, 7) is 2.38. The maximum atomic E-state index is 6.09. The van der Waals surface area contributed by atoms with Gasteiger partial charge in [-0.15, -0.1) is 0 Å². The van der Waals surface area contributed by atoms with E-state index < -0.39 is 0 Å². The van der Waals surface area contributed by atoms with E-state index in [1.807, 2.05) is 49.4 Å². The van der Waals surface area contributed by atoms with Crippen LogP contribution in [0.15, 0.2) is 42.5 Å². The molecule has 0 bridgehead atoms. The number of benzene rings is 2. The summed E-state index contributed by atoms with van der Waals surface area (Å²) in [6, 6.07) is 13.3. The molecule has 0 radical (unpaired) electrons. The SMILES string of the molecule is Cc1ccc(Cl)c(OCc2ccccc2C(N)=S)c1. The molecule has 0 aliphatic carbocycles. The van der Waals surface area contributed by atoms with Crippen LogP contribution < -0.4 is 10.5 Å². The third-order valence-electron chi connectivity index (χ3n) is 2.75. The highest BCUT2D eigenvalue weighted by Crippen LogP contribution is 2.26. The van der Waals surface area contributed by atoms with Crippen LogP contribution in [0.25, 0.3) is 0 Å². The minimum atomic E-state index is 0.370. The van der Waals surface area contributed by atoms with Gasteiger partial charge in [0.2, 0.25) is 0 Å². The summed E-state index contributed by atoms with van der Waals surface area (Å²) in [5, 5.41) is 0.596. The van der Waals surface area contributed by atoms with Crippen molar-refractivity contribution < 1.29 is 4.74 Å². The molecule has 2 nitrogen and oxygen atoms in total. The van der Waals surface area contributed by atoms with Gasteiger partial charge in [-0.2, -0.15) is 0 Å². The zero-order valence-corrected chi connectivity index (χ0v) is 12.1. The van der Waals surface area contributed by atoms with Gasteiger partial charge in [-0.1, -0.05) is 54.2 Å². The number of halogens is 1. The predicted octanol–water partition coefficient (Wildman–Crippen LogP) is 3.86. The Morgan fingerprint density at radius 2 is 2.00 bits per heavy atom. The van der Waals surface area contributed by atoms with Crippen LogP contribution in [0.3, 0.4) is 0 Å². The van der Waals surface area contributed by atoms with Gasteiger partial charge in [-0.3, -0.25) is 0 Å². The van der Waals surface area contributed by atoms with Crippen molar-refractivity contribution in [1.82, 2.24) is 0 Å². The number of nitrogens with two attached hydrogens (primary N) is 1. The number of hydrogen-bond donors (Lipinski definition) is 1. The first-order chi connectivity index (χ1) is 9.08. The lowest BCUT2D eigenvalue weighted by Gasteiger charge is -2.11. The summed E-state index contributed by atoms with van der Waals surface area (Å²) >= 11 is 11.1. The molecule has 2 aromatic rings. The Bertz CT molecular complexity index is 613. The van der Waals surface area contributed by atoms with Gasteiger partial charge in [0.25, 0.3) is 0 Å². The Morgan fingerprint density at radius 3 is 2.74 bits per heavy atom. The Kier molecular flexibility index (Phi) is 4.40. The van der Waals surface area contributed by atoms with E-state index in [1.165, 1.54) is 0 Å². The second-order valence-electron chi connectivity index (χ2n) is 4.24. The molecule has 0 aromatic heterocycles. The van der Waals surface area contributed by atoms with Gasteiger partial charge >= 0.3 is 0 Å².